The minimum absolute atomic E-state index is 0.0813. The number of rotatable bonds is 9. The molecule has 3 N–H and O–H groups in total. The van der Waals surface area contributed by atoms with Gasteiger partial charge in [0.1, 0.15) is 23.7 Å². The van der Waals surface area contributed by atoms with Crippen LogP contribution in [0.25, 0.3) is 27.9 Å². The molecule has 6 rings (SSSR count). The number of hydrogen-bond donors (Lipinski definition) is 3. The van der Waals surface area contributed by atoms with Gasteiger partial charge in [0.25, 0.3) is 0 Å². The molecule has 3 fully saturated rings. The number of benzene rings is 2. The Morgan fingerprint density at radius 1 is 1.10 bits per heavy atom. The van der Waals surface area contributed by atoms with Crippen LogP contribution in [0.2, 0.25) is 0 Å². The Bertz CT molecular complexity index is 1460. The molecule has 2 saturated carbocycles. The second kappa shape index (κ2) is 11.6. The zero-order valence-corrected chi connectivity index (χ0v) is 23.8. The SMILES string of the molecule is C/C(C=N)=C(/O)c1c(-c2ccc(NC(=O)OC(C)C3CC3)cc2)n(C2CCC2)c2cc(OC3CCOCC3)ccc12. The fraction of sp³-hybridized carbons (Fsp3) is 0.455. The number of anilines is 1. The number of fused-ring (bicyclic) bond motifs is 1. The van der Waals surface area contributed by atoms with Crippen LogP contribution in [0.15, 0.2) is 48.0 Å². The van der Waals surface area contributed by atoms with Crippen LogP contribution >= 0.6 is 0 Å². The van der Waals surface area contributed by atoms with E-state index >= 15 is 0 Å². The highest BCUT2D eigenvalue weighted by atomic mass is 16.6. The molecule has 2 aliphatic carbocycles. The number of allylic oxidation sites excluding steroid dienone is 1. The molecule has 0 spiro atoms. The quantitative estimate of drug-likeness (QED) is 0.183. The number of carbonyl (C=O) groups excluding carboxylic acids is 1. The Balaban J connectivity index is 1.40. The summed E-state index contributed by atoms with van der Waals surface area (Å²) in [6.45, 7) is 5.12. The van der Waals surface area contributed by atoms with Crippen molar-refractivity contribution in [3.05, 3.63) is 53.6 Å². The first-order chi connectivity index (χ1) is 19.9. The van der Waals surface area contributed by atoms with Gasteiger partial charge in [0.05, 0.1) is 30.0 Å². The van der Waals surface area contributed by atoms with Crippen LogP contribution in [0.4, 0.5) is 10.5 Å². The normalized spacial score (nSPS) is 19.3. The maximum absolute atomic E-state index is 12.4. The summed E-state index contributed by atoms with van der Waals surface area (Å²) in [5, 5.41) is 23.0. The fourth-order valence-electron chi connectivity index (χ4n) is 5.85. The van der Waals surface area contributed by atoms with Crippen LogP contribution in [0.1, 0.15) is 70.4 Å². The number of carbonyl (C=O) groups is 1. The Kier molecular flexibility index (Phi) is 7.75. The molecule has 1 saturated heterocycles. The van der Waals surface area contributed by atoms with Gasteiger partial charge in [-0.15, -0.1) is 0 Å². The average molecular weight is 558 g/mol. The molecular weight excluding hydrogens is 518 g/mol. The highest BCUT2D eigenvalue weighted by Crippen LogP contribution is 2.46. The highest BCUT2D eigenvalue weighted by Gasteiger charge is 2.31. The van der Waals surface area contributed by atoms with Gasteiger partial charge in [-0.1, -0.05) is 12.1 Å². The van der Waals surface area contributed by atoms with E-state index in [1.807, 2.05) is 43.3 Å². The predicted octanol–water partition coefficient (Wildman–Crippen LogP) is 7.88. The van der Waals surface area contributed by atoms with E-state index in [-0.39, 0.29) is 18.0 Å². The van der Waals surface area contributed by atoms with Crippen LogP contribution in [-0.2, 0) is 9.47 Å². The second-order valence-corrected chi connectivity index (χ2v) is 11.6. The smallest absolute Gasteiger partial charge is 0.411 e. The molecular formula is C33H39N3O5. The minimum Gasteiger partial charge on any atom is -0.507 e. The van der Waals surface area contributed by atoms with E-state index in [0.717, 1.165) is 72.9 Å². The summed E-state index contributed by atoms with van der Waals surface area (Å²) in [4.78, 5) is 12.4. The van der Waals surface area contributed by atoms with E-state index in [1.165, 1.54) is 6.21 Å². The number of nitrogens with zero attached hydrogens (tertiary/aromatic N) is 1. The third kappa shape index (κ3) is 5.71. The lowest BCUT2D eigenvalue weighted by Gasteiger charge is -2.30. The lowest BCUT2D eigenvalue weighted by atomic mass is 9.92. The molecule has 1 unspecified atom stereocenters. The van der Waals surface area contributed by atoms with E-state index in [1.54, 1.807) is 6.92 Å². The van der Waals surface area contributed by atoms with E-state index in [9.17, 15) is 9.90 Å². The van der Waals surface area contributed by atoms with E-state index in [4.69, 9.17) is 19.6 Å². The van der Waals surface area contributed by atoms with Crippen molar-refractivity contribution in [2.24, 2.45) is 5.92 Å². The molecule has 1 atom stereocenters. The van der Waals surface area contributed by atoms with Crippen LogP contribution in [0, 0.1) is 11.3 Å². The molecule has 2 heterocycles. The summed E-state index contributed by atoms with van der Waals surface area (Å²) in [5.74, 6) is 1.38. The molecule has 3 aliphatic rings. The topological polar surface area (TPSA) is 106 Å². The van der Waals surface area contributed by atoms with Crippen molar-refractivity contribution in [2.45, 2.75) is 77.0 Å². The lowest BCUT2D eigenvalue weighted by Crippen LogP contribution is -2.25. The number of amides is 1. The lowest BCUT2D eigenvalue weighted by molar-refractivity contribution is 0.0256. The largest absolute Gasteiger partial charge is 0.507 e. The number of hydrogen-bond acceptors (Lipinski definition) is 6. The van der Waals surface area contributed by atoms with Gasteiger partial charge < -0.3 is 29.3 Å². The average Bonchev–Trinajstić information content (AvgIpc) is 3.76. The van der Waals surface area contributed by atoms with Gasteiger partial charge in [-0.3, -0.25) is 5.32 Å². The molecule has 3 aromatic rings. The van der Waals surface area contributed by atoms with Gasteiger partial charge >= 0.3 is 6.09 Å². The first kappa shape index (κ1) is 27.4. The number of aliphatic hydroxyl groups is 1. The summed E-state index contributed by atoms with van der Waals surface area (Å²) in [6, 6.07) is 14.1. The zero-order valence-electron chi connectivity index (χ0n) is 23.8. The Labute approximate surface area is 240 Å². The van der Waals surface area contributed by atoms with Gasteiger partial charge in [0.2, 0.25) is 0 Å². The molecule has 1 aromatic heterocycles. The van der Waals surface area contributed by atoms with Crippen molar-refractivity contribution in [3.63, 3.8) is 0 Å². The maximum Gasteiger partial charge on any atom is 0.411 e. The molecule has 1 amide bonds. The molecule has 2 aromatic carbocycles. The fourth-order valence-corrected chi connectivity index (χ4v) is 5.85. The molecule has 8 nitrogen and oxygen atoms in total. The van der Waals surface area contributed by atoms with Gasteiger partial charge in [-0.25, -0.2) is 4.79 Å². The van der Waals surface area contributed by atoms with Crippen molar-refractivity contribution in [1.29, 1.82) is 5.41 Å². The van der Waals surface area contributed by atoms with Crippen molar-refractivity contribution in [2.75, 3.05) is 18.5 Å². The van der Waals surface area contributed by atoms with Crippen molar-refractivity contribution < 1.29 is 24.1 Å². The third-order valence-electron chi connectivity index (χ3n) is 8.70. The maximum atomic E-state index is 12.4. The minimum atomic E-state index is -0.444. The zero-order chi connectivity index (χ0) is 28.5. The first-order valence-corrected chi connectivity index (χ1v) is 14.8. The monoisotopic (exact) mass is 557 g/mol. The Hall–Kier alpha value is -3.78. The molecule has 0 bridgehead atoms. The van der Waals surface area contributed by atoms with Crippen LogP contribution < -0.4 is 10.1 Å². The Morgan fingerprint density at radius 2 is 1.83 bits per heavy atom. The molecule has 41 heavy (non-hydrogen) atoms. The van der Waals surface area contributed by atoms with E-state index in [2.05, 4.69) is 16.0 Å². The van der Waals surface area contributed by atoms with Crippen molar-refractivity contribution in [1.82, 2.24) is 4.57 Å². The second-order valence-electron chi connectivity index (χ2n) is 11.6. The number of aromatic nitrogens is 1. The summed E-state index contributed by atoms with van der Waals surface area (Å²) in [6.07, 6.45) is 8.02. The van der Waals surface area contributed by atoms with Crippen molar-refractivity contribution in [3.8, 4) is 17.0 Å². The number of nitrogens with one attached hydrogen (secondary N) is 2. The molecule has 0 radical (unpaired) electrons. The standard InChI is InChI=1S/C33H39N3O5/c1-20(19-34)32(37)30-28-13-12-27(41-26-14-16-39-17-15-26)18-29(28)36(25-4-3-5-25)31(30)23-8-10-24(11-9-23)35-33(38)40-21(2)22-6-7-22/h8-13,18-19,21-22,25-26,34,37H,3-7,14-17H2,1-2H3,(H,35,38)/b32-20-,34-19?. The summed E-state index contributed by atoms with van der Waals surface area (Å²) >= 11 is 0. The summed E-state index contributed by atoms with van der Waals surface area (Å²) in [5.41, 5.74) is 4.69. The van der Waals surface area contributed by atoms with Gasteiger partial charge in [0.15, 0.2) is 0 Å². The number of ether oxygens (including phenoxy) is 3. The number of aliphatic hydroxyl groups excluding tert-OH is 1. The molecule has 1 aliphatic heterocycles. The van der Waals surface area contributed by atoms with Gasteiger partial charge in [0, 0.05) is 47.8 Å². The summed E-state index contributed by atoms with van der Waals surface area (Å²) < 4.78 is 19.7. The van der Waals surface area contributed by atoms with Gasteiger partial charge in [-0.05, 0) is 81.7 Å². The predicted molar refractivity (Wildman–Crippen MR) is 161 cm³/mol. The van der Waals surface area contributed by atoms with Crippen molar-refractivity contribution >= 4 is 34.7 Å². The van der Waals surface area contributed by atoms with E-state index in [0.29, 0.717) is 42.0 Å². The highest BCUT2D eigenvalue weighted by molar-refractivity contribution is 6.03. The van der Waals surface area contributed by atoms with E-state index < -0.39 is 6.09 Å². The van der Waals surface area contributed by atoms with Crippen LogP contribution in [0.3, 0.4) is 0 Å². The third-order valence-corrected chi connectivity index (χ3v) is 8.70. The molecule has 216 valence electrons. The first-order valence-electron chi connectivity index (χ1n) is 14.8. The molecule has 8 heteroatoms. The van der Waals surface area contributed by atoms with Crippen LogP contribution in [0.5, 0.6) is 5.75 Å². The Morgan fingerprint density at radius 3 is 2.46 bits per heavy atom. The van der Waals surface area contributed by atoms with Gasteiger partial charge in [-0.2, -0.15) is 0 Å². The van der Waals surface area contributed by atoms with Crippen LogP contribution in [-0.4, -0.2) is 47.4 Å². The summed E-state index contributed by atoms with van der Waals surface area (Å²) in [7, 11) is 0.